The van der Waals surface area contributed by atoms with Gasteiger partial charge in [0.15, 0.2) is 0 Å². The van der Waals surface area contributed by atoms with E-state index >= 15 is 0 Å². The van der Waals surface area contributed by atoms with Crippen molar-refractivity contribution < 1.29 is 4.79 Å². The lowest BCUT2D eigenvalue weighted by atomic mass is 10.1. The summed E-state index contributed by atoms with van der Waals surface area (Å²) in [6.45, 7) is 0. The van der Waals surface area contributed by atoms with E-state index in [4.69, 9.17) is 11.6 Å². The number of carbonyl (C=O) groups excluding carboxylic acids is 1. The number of hydrogen-bond acceptors (Lipinski definition) is 3. The van der Waals surface area contributed by atoms with Gasteiger partial charge in [0.25, 0.3) is 0 Å². The van der Waals surface area contributed by atoms with Gasteiger partial charge in [-0.05, 0) is 23.6 Å². The van der Waals surface area contributed by atoms with E-state index in [-0.39, 0.29) is 5.78 Å². The maximum absolute atomic E-state index is 11.8. The van der Waals surface area contributed by atoms with E-state index in [0.29, 0.717) is 15.5 Å². The van der Waals surface area contributed by atoms with Gasteiger partial charge in [0.2, 0.25) is 5.78 Å². The molecule has 70 valence electrons. The Balaban J connectivity index is 2.39. The van der Waals surface area contributed by atoms with Crippen LogP contribution in [0.3, 0.4) is 0 Å². The van der Waals surface area contributed by atoms with Crippen molar-refractivity contribution in [3.63, 3.8) is 0 Å². The van der Waals surface area contributed by atoms with Crippen LogP contribution < -0.4 is 0 Å². The molecule has 0 unspecified atom stereocenters. The zero-order valence-corrected chi connectivity index (χ0v) is 8.68. The van der Waals surface area contributed by atoms with Crippen molar-refractivity contribution in [2.75, 3.05) is 0 Å². The van der Waals surface area contributed by atoms with Gasteiger partial charge in [-0.15, -0.1) is 11.3 Å². The summed E-state index contributed by atoms with van der Waals surface area (Å²) in [4.78, 5) is 16.3. The Labute approximate surface area is 90.2 Å². The Bertz CT molecular complexity index is 452. The van der Waals surface area contributed by atoms with Crippen LogP contribution in [0.15, 0.2) is 36.0 Å². The molecule has 0 radical (unpaired) electrons. The Hall–Kier alpha value is -1.19. The highest BCUT2D eigenvalue weighted by Gasteiger charge is 2.13. The minimum Gasteiger partial charge on any atom is -0.288 e. The second-order valence-electron chi connectivity index (χ2n) is 2.66. The number of halogens is 1. The van der Waals surface area contributed by atoms with Crippen LogP contribution in [0.25, 0.3) is 0 Å². The highest BCUT2D eigenvalue weighted by molar-refractivity contribution is 7.13. The van der Waals surface area contributed by atoms with Gasteiger partial charge in [0.1, 0.15) is 0 Å². The maximum atomic E-state index is 11.8. The molecule has 0 amide bonds. The molecule has 14 heavy (non-hydrogen) atoms. The number of carbonyl (C=O) groups is 1. The molecule has 0 aliphatic carbocycles. The van der Waals surface area contributed by atoms with Crippen molar-refractivity contribution in [1.82, 2.24) is 4.98 Å². The predicted octanol–water partition coefficient (Wildman–Crippen LogP) is 3.03. The zero-order chi connectivity index (χ0) is 9.97. The molecule has 0 saturated carbocycles. The molecule has 2 rings (SSSR count). The second kappa shape index (κ2) is 3.90. The predicted molar refractivity (Wildman–Crippen MR) is 57.0 cm³/mol. The molecule has 0 fully saturated rings. The third-order valence-electron chi connectivity index (χ3n) is 1.77. The van der Waals surface area contributed by atoms with Crippen LogP contribution in [-0.4, -0.2) is 10.8 Å². The zero-order valence-electron chi connectivity index (χ0n) is 7.11. The summed E-state index contributed by atoms with van der Waals surface area (Å²) in [5.41, 5.74) is 0.615. The molecule has 2 aromatic rings. The van der Waals surface area contributed by atoms with E-state index in [1.807, 2.05) is 0 Å². The van der Waals surface area contributed by atoms with Crippen LogP contribution in [0, 0.1) is 0 Å². The highest BCUT2D eigenvalue weighted by atomic mass is 35.5. The van der Waals surface area contributed by atoms with Crippen molar-refractivity contribution >= 4 is 28.7 Å². The molecule has 0 bridgehead atoms. The molecule has 0 aliphatic heterocycles. The largest absolute Gasteiger partial charge is 0.288 e. The lowest BCUT2D eigenvalue weighted by Gasteiger charge is -1.97. The Morgan fingerprint density at radius 3 is 2.57 bits per heavy atom. The fraction of sp³-hybridized carbons (Fsp3) is 0. The number of ketones is 1. The molecule has 2 aromatic heterocycles. The number of rotatable bonds is 2. The van der Waals surface area contributed by atoms with Gasteiger partial charge in [-0.2, -0.15) is 0 Å². The highest BCUT2D eigenvalue weighted by Crippen LogP contribution is 2.24. The van der Waals surface area contributed by atoms with Gasteiger partial charge in [-0.1, -0.05) is 11.6 Å². The van der Waals surface area contributed by atoms with Crippen molar-refractivity contribution in [3.8, 4) is 0 Å². The van der Waals surface area contributed by atoms with Crippen molar-refractivity contribution in [2.24, 2.45) is 0 Å². The first-order valence-corrected chi connectivity index (χ1v) is 5.22. The molecular formula is C10H6ClNOS. The van der Waals surface area contributed by atoms with Crippen molar-refractivity contribution in [3.05, 3.63) is 51.4 Å². The first kappa shape index (κ1) is 9.37. The van der Waals surface area contributed by atoms with Gasteiger partial charge in [-0.3, -0.25) is 9.78 Å². The monoisotopic (exact) mass is 223 g/mol. The fourth-order valence-corrected chi connectivity index (χ4v) is 2.19. The maximum Gasteiger partial charge on any atom is 0.204 e. The van der Waals surface area contributed by atoms with Gasteiger partial charge < -0.3 is 0 Å². The molecule has 0 aliphatic rings. The number of nitrogens with zero attached hydrogens (tertiary/aromatic N) is 1. The summed E-state index contributed by atoms with van der Waals surface area (Å²) < 4.78 is 0. The van der Waals surface area contributed by atoms with Crippen LogP contribution in [-0.2, 0) is 0 Å². The molecule has 0 N–H and O–H groups in total. The van der Waals surface area contributed by atoms with Gasteiger partial charge in [0.05, 0.1) is 9.90 Å². The average Bonchev–Trinajstić information content (AvgIpc) is 2.65. The quantitative estimate of drug-likeness (QED) is 0.733. The minimum atomic E-state index is -0.0487. The van der Waals surface area contributed by atoms with E-state index in [1.165, 1.54) is 11.3 Å². The fourth-order valence-electron chi connectivity index (χ4n) is 1.09. The SMILES string of the molecule is O=C(c1ccncc1)c1sccc1Cl. The van der Waals surface area contributed by atoms with Crippen LogP contribution >= 0.6 is 22.9 Å². The Morgan fingerprint density at radius 2 is 2.00 bits per heavy atom. The standard InChI is InChI=1S/C10H6ClNOS/c11-8-3-6-14-10(8)9(13)7-1-4-12-5-2-7/h1-6H. The topological polar surface area (TPSA) is 30.0 Å². The molecule has 0 atom stereocenters. The van der Waals surface area contributed by atoms with Crippen LogP contribution in [0.2, 0.25) is 5.02 Å². The summed E-state index contributed by atoms with van der Waals surface area (Å²) in [5.74, 6) is -0.0487. The van der Waals surface area contributed by atoms with Crippen LogP contribution in [0.1, 0.15) is 15.2 Å². The molecule has 2 nitrogen and oxygen atoms in total. The van der Waals surface area contributed by atoms with Crippen LogP contribution in [0.5, 0.6) is 0 Å². The molecular weight excluding hydrogens is 218 g/mol. The van der Waals surface area contributed by atoms with E-state index in [9.17, 15) is 4.79 Å². The second-order valence-corrected chi connectivity index (χ2v) is 3.99. The van der Waals surface area contributed by atoms with E-state index in [2.05, 4.69) is 4.98 Å². The number of pyridine rings is 1. The third-order valence-corrected chi connectivity index (χ3v) is 3.11. The summed E-state index contributed by atoms with van der Waals surface area (Å²) in [5, 5.41) is 2.31. The number of hydrogen-bond donors (Lipinski definition) is 0. The first-order chi connectivity index (χ1) is 6.79. The molecule has 0 saturated heterocycles. The van der Waals surface area contributed by atoms with Crippen LogP contribution in [0.4, 0.5) is 0 Å². The molecule has 0 spiro atoms. The Kier molecular flexibility index (Phi) is 2.61. The van der Waals surface area contributed by atoms with E-state index in [0.717, 1.165) is 0 Å². The normalized spacial score (nSPS) is 10.1. The average molecular weight is 224 g/mol. The minimum absolute atomic E-state index is 0.0487. The summed E-state index contributed by atoms with van der Waals surface area (Å²) in [6.07, 6.45) is 3.18. The number of aromatic nitrogens is 1. The van der Waals surface area contributed by atoms with Gasteiger partial charge in [-0.25, -0.2) is 0 Å². The van der Waals surface area contributed by atoms with Gasteiger partial charge >= 0.3 is 0 Å². The summed E-state index contributed by atoms with van der Waals surface area (Å²) in [6, 6.07) is 5.08. The van der Waals surface area contributed by atoms with Crippen molar-refractivity contribution in [1.29, 1.82) is 0 Å². The summed E-state index contributed by atoms with van der Waals surface area (Å²) in [7, 11) is 0. The molecule has 0 aromatic carbocycles. The Morgan fingerprint density at radius 1 is 1.29 bits per heavy atom. The van der Waals surface area contributed by atoms with E-state index in [1.54, 1.807) is 36.0 Å². The van der Waals surface area contributed by atoms with Crippen molar-refractivity contribution in [2.45, 2.75) is 0 Å². The molecule has 4 heteroatoms. The lowest BCUT2D eigenvalue weighted by Crippen LogP contribution is -1.98. The summed E-state index contributed by atoms with van der Waals surface area (Å²) >= 11 is 7.21. The first-order valence-electron chi connectivity index (χ1n) is 3.97. The lowest BCUT2D eigenvalue weighted by molar-refractivity contribution is 0.104. The van der Waals surface area contributed by atoms with Gasteiger partial charge in [0, 0.05) is 18.0 Å². The number of thiophene rings is 1. The third kappa shape index (κ3) is 1.69. The smallest absolute Gasteiger partial charge is 0.204 e. The molecule has 2 heterocycles. The van der Waals surface area contributed by atoms with E-state index < -0.39 is 0 Å².